The third-order valence-corrected chi connectivity index (χ3v) is 6.80. The highest BCUT2D eigenvalue weighted by molar-refractivity contribution is 6.04. The fraction of sp³-hybridized carbons (Fsp3) is 0.129. The first-order valence-corrected chi connectivity index (χ1v) is 12.7. The number of nitrogens with two attached hydrogens (primary N) is 1. The highest BCUT2D eigenvalue weighted by Gasteiger charge is 2.18. The molecule has 0 spiro atoms. The lowest BCUT2D eigenvalue weighted by Gasteiger charge is -2.18. The lowest BCUT2D eigenvalue weighted by atomic mass is 10.0. The summed E-state index contributed by atoms with van der Waals surface area (Å²) in [5.41, 5.74) is 8.99. The Morgan fingerprint density at radius 3 is 2.50 bits per heavy atom. The Balaban J connectivity index is 1.42. The number of aromatic nitrogens is 2. The molecule has 4 aromatic carbocycles. The molecular formula is C31H26N6O3. The molecule has 0 fully saturated rings. The van der Waals surface area contributed by atoms with Gasteiger partial charge in [0.15, 0.2) is 0 Å². The number of nitrogens with zero attached hydrogens (tertiary/aromatic N) is 4. The maximum atomic E-state index is 13.3. The molecule has 0 unspecified atom stereocenters. The second-order valence-corrected chi connectivity index (χ2v) is 9.39. The quantitative estimate of drug-likeness (QED) is 0.307. The van der Waals surface area contributed by atoms with Crippen LogP contribution in [-0.2, 0) is 22.6 Å². The molecule has 9 heteroatoms. The number of aryl methyl sites for hydroxylation is 1. The van der Waals surface area contributed by atoms with Gasteiger partial charge in [-0.2, -0.15) is 5.26 Å². The lowest BCUT2D eigenvalue weighted by molar-refractivity contribution is -0.118. The van der Waals surface area contributed by atoms with Gasteiger partial charge >= 0.3 is 0 Å². The van der Waals surface area contributed by atoms with E-state index in [1.165, 1.54) is 0 Å². The van der Waals surface area contributed by atoms with Crippen molar-refractivity contribution in [2.75, 3.05) is 17.3 Å². The number of carbonyl (C=O) groups is 3. The van der Waals surface area contributed by atoms with Crippen LogP contribution in [0.1, 0.15) is 27.9 Å². The molecule has 0 aliphatic rings. The molecular weight excluding hydrogens is 504 g/mol. The van der Waals surface area contributed by atoms with Gasteiger partial charge in [-0.1, -0.05) is 42.5 Å². The van der Waals surface area contributed by atoms with Crippen LogP contribution in [0.25, 0.3) is 21.8 Å². The van der Waals surface area contributed by atoms with Gasteiger partial charge < -0.3 is 15.2 Å². The van der Waals surface area contributed by atoms with Crippen molar-refractivity contribution in [2.24, 2.45) is 5.73 Å². The van der Waals surface area contributed by atoms with Gasteiger partial charge in [0.05, 0.1) is 29.1 Å². The van der Waals surface area contributed by atoms with Gasteiger partial charge in [0.2, 0.25) is 17.8 Å². The summed E-state index contributed by atoms with van der Waals surface area (Å²) in [6.45, 7) is 0.212. The van der Waals surface area contributed by atoms with Crippen LogP contribution in [0.5, 0.6) is 0 Å². The highest BCUT2D eigenvalue weighted by Crippen LogP contribution is 2.27. The second kappa shape index (κ2) is 11.1. The van der Waals surface area contributed by atoms with Crippen molar-refractivity contribution < 1.29 is 14.4 Å². The minimum atomic E-state index is -0.485. The number of primary amides is 1. The molecule has 0 saturated carbocycles. The van der Waals surface area contributed by atoms with E-state index in [-0.39, 0.29) is 31.2 Å². The average Bonchev–Trinajstić information content (AvgIpc) is 3.31. The Hall–Kier alpha value is -5.49. The summed E-state index contributed by atoms with van der Waals surface area (Å²) in [5.74, 6) is -0.741. The molecule has 0 saturated heterocycles. The molecule has 40 heavy (non-hydrogen) atoms. The van der Waals surface area contributed by atoms with Crippen molar-refractivity contribution in [3.8, 4) is 6.07 Å². The molecule has 0 aliphatic carbocycles. The maximum absolute atomic E-state index is 13.3. The first-order valence-electron chi connectivity index (χ1n) is 12.7. The predicted octanol–water partition coefficient (Wildman–Crippen LogP) is 4.39. The third-order valence-electron chi connectivity index (χ3n) is 6.80. The molecule has 1 heterocycles. The number of rotatable bonds is 8. The number of nitrogens with one attached hydrogen (secondary N) is 1. The van der Waals surface area contributed by atoms with Crippen molar-refractivity contribution in [2.45, 2.75) is 19.4 Å². The third kappa shape index (κ3) is 5.37. The van der Waals surface area contributed by atoms with Crippen LogP contribution in [0.3, 0.4) is 0 Å². The Kier molecular flexibility index (Phi) is 7.25. The number of nitriles is 1. The molecule has 0 bridgehead atoms. The van der Waals surface area contributed by atoms with E-state index in [4.69, 9.17) is 11.0 Å². The molecule has 0 radical (unpaired) electrons. The molecule has 1 aromatic heterocycles. The average molecular weight is 531 g/mol. The fourth-order valence-corrected chi connectivity index (χ4v) is 4.61. The fourth-order valence-electron chi connectivity index (χ4n) is 4.61. The number of hydrogen-bond acceptors (Lipinski definition) is 5. The van der Waals surface area contributed by atoms with Crippen LogP contribution in [0.15, 0.2) is 84.9 Å². The van der Waals surface area contributed by atoms with E-state index in [2.05, 4.69) is 10.3 Å². The molecule has 198 valence electrons. The van der Waals surface area contributed by atoms with Gasteiger partial charge in [0.1, 0.15) is 0 Å². The Morgan fingerprint density at radius 1 is 1.00 bits per heavy atom. The Bertz CT molecular complexity index is 1800. The topological polar surface area (TPSA) is 134 Å². The number of anilines is 2. The van der Waals surface area contributed by atoms with Crippen LogP contribution < -0.4 is 16.0 Å². The molecule has 0 aliphatic heterocycles. The van der Waals surface area contributed by atoms with E-state index >= 15 is 0 Å². The number of likely N-dealkylation sites (N-methyl/N-ethyl adjacent to an activating group) is 1. The predicted molar refractivity (Wildman–Crippen MR) is 154 cm³/mol. The number of fused-ring (bicyclic) bond motifs is 2. The lowest BCUT2D eigenvalue weighted by Crippen LogP contribution is -2.27. The zero-order valence-corrected chi connectivity index (χ0v) is 21.8. The smallest absolute Gasteiger partial charge is 0.257 e. The van der Waals surface area contributed by atoms with Crippen molar-refractivity contribution in [3.63, 3.8) is 0 Å². The van der Waals surface area contributed by atoms with Gasteiger partial charge in [0.25, 0.3) is 5.91 Å². The van der Waals surface area contributed by atoms with E-state index < -0.39 is 11.8 Å². The number of benzene rings is 4. The summed E-state index contributed by atoms with van der Waals surface area (Å²) < 4.78 is 1.71. The Morgan fingerprint density at radius 2 is 1.75 bits per heavy atom. The minimum Gasteiger partial charge on any atom is -0.370 e. The summed E-state index contributed by atoms with van der Waals surface area (Å²) in [6, 6.07) is 27.5. The summed E-state index contributed by atoms with van der Waals surface area (Å²) in [6.07, 6.45) is 0.283. The maximum Gasteiger partial charge on any atom is 0.257 e. The van der Waals surface area contributed by atoms with Gasteiger partial charge in [0, 0.05) is 31.3 Å². The number of carbonyl (C=O) groups excluding carboxylic acids is 3. The van der Waals surface area contributed by atoms with E-state index in [1.807, 2.05) is 48.5 Å². The number of amides is 3. The van der Waals surface area contributed by atoms with Gasteiger partial charge in [-0.25, -0.2) is 4.98 Å². The van der Waals surface area contributed by atoms with Crippen molar-refractivity contribution in [1.29, 1.82) is 5.26 Å². The van der Waals surface area contributed by atoms with Gasteiger partial charge in [-0.05, 0) is 58.8 Å². The van der Waals surface area contributed by atoms with E-state index in [1.54, 1.807) is 59.0 Å². The molecule has 0 atom stereocenters. The SMILES string of the molecule is CN(C(=O)Cc1cccc2ccccc12)c1ccc2c(c1)nc(NC(=O)c1ccc(C#N)cc1)n2CCC(N)=O. The molecule has 3 amide bonds. The van der Waals surface area contributed by atoms with Crippen LogP contribution in [-0.4, -0.2) is 34.3 Å². The van der Waals surface area contributed by atoms with Crippen molar-refractivity contribution in [3.05, 3.63) is 102 Å². The summed E-state index contributed by atoms with van der Waals surface area (Å²) in [5, 5.41) is 13.9. The summed E-state index contributed by atoms with van der Waals surface area (Å²) >= 11 is 0. The van der Waals surface area contributed by atoms with Crippen LogP contribution in [0.2, 0.25) is 0 Å². The van der Waals surface area contributed by atoms with Crippen LogP contribution >= 0.6 is 0 Å². The number of hydrogen-bond donors (Lipinski definition) is 2. The largest absolute Gasteiger partial charge is 0.370 e. The van der Waals surface area contributed by atoms with Crippen LogP contribution in [0.4, 0.5) is 11.6 Å². The molecule has 9 nitrogen and oxygen atoms in total. The van der Waals surface area contributed by atoms with Crippen LogP contribution in [0, 0.1) is 11.3 Å². The summed E-state index contributed by atoms with van der Waals surface area (Å²) in [4.78, 5) is 43.9. The second-order valence-electron chi connectivity index (χ2n) is 9.39. The van der Waals surface area contributed by atoms with Gasteiger partial charge in [-0.3, -0.25) is 19.7 Å². The Labute approximate surface area is 230 Å². The number of imidazole rings is 1. The first-order chi connectivity index (χ1) is 19.3. The summed E-state index contributed by atoms with van der Waals surface area (Å²) in [7, 11) is 1.71. The molecule has 5 rings (SSSR count). The van der Waals surface area contributed by atoms with E-state index in [0.717, 1.165) is 16.3 Å². The normalized spacial score (nSPS) is 10.8. The standard InChI is InChI=1S/C31H26N6O3/c1-36(29(39)17-23-7-4-6-21-5-2-3-8-25(21)23)24-13-14-27-26(18-24)34-31(37(27)16-15-28(33)38)35-30(40)22-11-9-20(19-32)10-12-22/h2-14,18H,15-17H2,1H3,(H2,33,38)(H,34,35,40). The molecule has 5 aromatic rings. The van der Waals surface area contributed by atoms with Crippen molar-refractivity contribution >= 4 is 51.2 Å². The first kappa shape index (κ1) is 26.1. The zero-order chi connectivity index (χ0) is 28.2. The van der Waals surface area contributed by atoms with E-state index in [9.17, 15) is 14.4 Å². The molecule has 3 N–H and O–H groups in total. The zero-order valence-electron chi connectivity index (χ0n) is 21.8. The van der Waals surface area contributed by atoms with Gasteiger partial charge in [-0.15, -0.1) is 0 Å². The highest BCUT2D eigenvalue weighted by atomic mass is 16.2. The minimum absolute atomic E-state index is 0.0520. The van der Waals surface area contributed by atoms with Crippen molar-refractivity contribution in [1.82, 2.24) is 9.55 Å². The van der Waals surface area contributed by atoms with E-state index in [0.29, 0.717) is 27.8 Å². The monoisotopic (exact) mass is 530 g/mol.